The highest BCUT2D eigenvalue weighted by atomic mass is 16.5. The molecule has 6 nitrogen and oxygen atoms in total. The number of nitrogens with zero attached hydrogens (tertiary/aromatic N) is 1. The number of rotatable bonds is 8. The molecule has 0 aromatic heterocycles. The summed E-state index contributed by atoms with van der Waals surface area (Å²) in [6.07, 6.45) is 0.372. The summed E-state index contributed by atoms with van der Waals surface area (Å²) >= 11 is 0. The fourth-order valence-electron chi connectivity index (χ4n) is 2.95. The number of carbonyl (C=O) groups excluding carboxylic acids is 1. The van der Waals surface area contributed by atoms with Gasteiger partial charge >= 0.3 is 6.03 Å². The molecule has 0 aliphatic carbocycles. The second-order valence-corrected chi connectivity index (χ2v) is 6.71. The van der Waals surface area contributed by atoms with Gasteiger partial charge in [0.15, 0.2) is 0 Å². The van der Waals surface area contributed by atoms with E-state index in [-0.39, 0.29) is 6.61 Å². The second kappa shape index (κ2) is 10.6. The first kappa shape index (κ1) is 20.9. The van der Waals surface area contributed by atoms with Crippen LogP contribution in [-0.2, 0) is 13.0 Å². The number of aliphatic hydroxyl groups excluding tert-OH is 1. The highest BCUT2D eigenvalue weighted by Gasteiger charge is 2.13. The van der Waals surface area contributed by atoms with Crippen LogP contribution in [0.1, 0.15) is 22.7 Å². The standard InChI is InChI=1S/C24H23N3O3/c25-14-13-18-9-11-22(12-10-18)30-17-19-5-4-8-21(15-19)26-24(29)27-23(16-28)20-6-2-1-3-7-20/h1-12,15,23,28H,13,16-17H2,(H2,26,27,29). The zero-order valence-electron chi connectivity index (χ0n) is 16.4. The van der Waals surface area contributed by atoms with Gasteiger partial charge in [-0.3, -0.25) is 0 Å². The number of hydrogen-bond donors (Lipinski definition) is 3. The molecule has 0 saturated heterocycles. The van der Waals surface area contributed by atoms with E-state index in [0.29, 0.717) is 24.5 Å². The summed E-state index contributed by atoms with van der Waals surface area (Å²) in [7, 11) is 0. The first-order valence-electron chi connectivity index (χ1n) is 9.59. The SMILES string of the molecule is N#CCc1ccc(OCc2cccc(NC(=O)NC(CO)c3ccccc3)c2)cc1. The summed E-state index contributed by atoms with van der Waals surface area (Å²) < 4.78 is 5.78. The lowest BCUT2D eigenvalue weighted by Crippen LogP contribution is -2.34. The van der Waals surface area contributed by atoms with E-state index in [1.165, 1.54) is 0 Å². The van der Waals surface area contributed by atoms with Crippen molar-refractivity contribution in [3.05, 3.63) is 95.6 Å². The zero-order valence-corrected chi connectivity index (χ0v) is 16.4. The maximum atomic E-state index is 12.3. The highest BCUT2D eigenvalue weighted by molar-refractivity contribution is 5.89. The Hall–Kier alpha value is -3.82. The monoisotopic (exact) mass is 401 g/mol. The van der Waals surface area contributed by atoms with Gasteiger partial charge in [-0.1, -0.05) is 54.6 Å². The van der Waals surface area contributed by atoms with Crippen molar-refractivity contribution >= 4 is 11.7 Å². The number of carbonyl (C=O) groups is 1. The quantitative estimate of drug-likeness (QED) is 0.528. The van der Waals surface area contributed by atoms with Crippen molar-refractivity contribution in [3.63, 3.8) is 0 Å². The van der Waals surface area contributed by atoms with Gasteiger partial charge < -0.3 is 20.5 Å². The predicted octanol–water partition coefficient (Wildman–Crippen LogP) is 4.19. The van der Waals surface area contributed by atoms with Gasteiger partial charge in [-0.05, 0) is 41.0 Å². The van der Waals surface area contributed by atoms with E-state index in [9.17, 15) is 9.90 Å². The van der Waals surface area contributed by atoms with Crippen LogP contribution >= 0.6 is 0 Å². The van der Waals surface area contributed by atoms with E-state index in [0.717, 1.165) is 16.7 Å². The highest BCUT2D eigenvalue weighted by Crippen LogP contribution is 2.17. The van der Waals surface area contributed by atoms with Crippen LogP contribution in [0.25, 0.3) is 0 Å². The Labute approximate surface area is 175 Å². The molecule has 0 spiro atoms. The minimum atomic E-state index is -0.485. The van der Waals surface area contributed by atoms with Crippen LogP contribution in [-0.4, -0.2) is 17.7 Å². The lowest BCUT2D eigenvalue weighted by molar-refractivity contribution is 0.225. The van der Waals surface area contributed by atoms with E-state index in [4.69, 9.17) is 10.00 Å². The lowest BCUT2D eigenvalue weighted by atomic mass is 10.1. The Bertz CT molecular complexity index is 998. The fourth-order valence-corrected chi connectivity index (χ4v) is 2.95. The van der Waals surface area contributed by atoms with Gasteiger partial charge in [-0.2, -0.15) is 5.26 Å². The molecule has 1 atom stereocenters. The van der Waals surface area contributed by atoms with Gasteiger partial charge in [0.2, 0.25) is 0 Å². The Morgan fingerprint density at radius 2 is 1.77 bits per heavy atom. The van der Waals surface area contributed by atoms with E-state index in [1.54, 1.807) is 6.07 Å². The molecule has 0 radical (unpaired) electrons. The average Bonchev–Trinajstić information content (AvgIpc) is 2.78. The summed E-state index contributed by atoms with van der Waals surface area (Å²) in [6.45, 7) is 0.149. The van der Waals surface area contributed by atoms with Crippen LogP contribution in [0, 0.1) is 11.3 Å². The van der Waals surface area contributed by atoms with Gasteiger partial charge in [0.25, 0.3) is 0 Å². The van der Waals surface area contributed by atoms with Gasteiger partial charge in [0.05, 0.1) is 25.1 Å². The van der Waals surface area contributed by atoms with Crippen molar-refractivity contribution in [1.29, 1.82) is 5.26 Å². The topological polar surface area (TPSA) is 94.4 Å². The molecule has 2 amide bonds. The van der Waals surface area contributed by atoms with Crippen molar-refractivity contribution in [1.82, 2.24) is 5.32 Å². The van der Waals surface area contributed by atoms with Crippen LogP contribution in [0.4, 0.5) is 10.5 Å². The number of anilines is 1. The third kappa shape index (κ3) is 6.09. The molecule has 3 aromatic rings. The van der Waals surface area contributed by atoms with Gasteiger partial charge in [-0.25, -0.2) is 4.79 Å². The number of ether oxygens (including phenoxy) is 1. The smallest absolute Gasteiger partial charge is 0.319 e. The molecule has 0 fully saturated rings. The van der Waals surface area contributed by atoms with Gasteiger partial charge in [-0.15, -0.1) is 0 Å². The van der Waals surface area contributed by atoms with E-state index in [2.05, 4.69) is 16.7 Å². The number of amides is 2. The molecular formula is C24H23N3O3. The van der Waals surface area contributed by atoms with Gasteiger partial charge in [0, 0.05) is 5.69 Å². The maximum Gasteiger partial charge on any atom is 0.319 e. The number of aliphatic hydroxyl groups is 1. The molecule has 3 N–H and O–H groups in total. The zero-order chi connectivity index (χ0) is 21.2. The van der Waals surface area contributed by atoms with Crippen LogP contribution in [0.2, 0.25) is 0 Å². The Balaban J connectivity index is 1.55. The Morgan fingerprint density at radius 3 is 2.47 bits per heavy atom. The van der Waals surface area contributed by atoms with Crippen LogP contribution < -0.4 is 15.4 Å². The minimum absolute atomic E-state index is 0.196. The van der Waals surface area contributed by atoms with Crippen LogP contribution in [0.3, 0.4) is 0 Å². The molecule has 6 heteroatoms. The van der Waals surface area contributed by atoms with Crippen LogP contribution in [0.5, 0.6) is 5.75 Å². The second-order valence-electron chi connectivity index (χ2n) is 6.71. The van der Waals surface area contributed by atoms with Crippen LogP contribution in [0.15, 0.2) is 78.9 Å². The fraction of sp³-hybridized carbons (Fsp3) is 0.167. The van der Waals surface area contributed by atoms with E-state index >= 15 is 0 Å². The largest absolute Gasteiger partial charge is 0.489 e. The third-order valence-electron chi connectivity index (χ3n) is 4.49. The average molecular weight is 401 g/mol. The van der Waals surface area contributed by atoms with E-state index in [1.807, 2.05) is 72.8 Å². The number of urea groups is 1. The predicted molar refractivity (Wildman–Crippen MR) is 115 cm³/mol. The van der Waals surface area contributed by atoms with Gasteiger partial charge in [0.1, 0.15) is 12.4 Å². The number of nitriles is 1. The summed E-state index contributed by atoms with van der Waals surface area (Å²) in [5.74, 6) is 0.710. The first-order chi connectivity index (χ1) is 14.7. The van der Waals surface area contributed by atoms with Crippen molar-refractivity contribution < 1.29 is 14.6 Å². The third-order valence-corrected chi connectivity index (χ3v) is 4.49. The molecule has 0 bridgehead atoms. The molecule has 0 aliphatic rings. The summed E-state index contributed by atoms with van der Waals surface area (Å²) in [4.78, 5) is 12.3. The summed E-state index contributed by atoms with van der Waals surface area (Å²) in [5.41, 5.74) is 3.30. The summed E-state index contributed by atoms with van der Waals surface area (Å²) in [5, 5.41) is 23.9. The lowest BCUT2D eigenvalue weighted by Gasteiger charge is -2.17. The van der Waals surface area contributed by atoms with Crippen molar-refractivity contribution in [2.75, 3.05) is 11.9 Å². The van der Waals surface area contributed by atoms with Crippen molar-refractivity contribution in [2.45, 2.75) is 19.1 Å². The van der Waals surface area contributed by atoms with E-state index < -0.39 is 12.1 Å². The normalized spacial score (nSPS) is 11.2. The molecule has 30 heavy (non-hydrogen) atoms. The minimum Gasteiger partial charge on any atom is -0.489 e. The molecule has 152 valence electrons. The first-order valence-corrected chi connectivity index (χ1v) is 9.59. The molecule has 3 rings (SSSR count). The molecule has 0 saturated carbocycles. The summed E-state index contributed by atoms with van der Waals surface area (Å²) in [6, 6.07) is 25.3. The molecule has 0 heterocycles. The molecule has 1 unspecified atom stereocenters. The molecule has 3 aromatic carbocycles. The molecule has 0 aliphatic heterocycles. The molecular weight excluding hydrogens is 378 g/mol. The van der Waals surface area contributed by atoms with Crippen molar-refractivity contribution in [2.24, 2.45) is 0 Å². The Morgan fingerprint density at radius 1 is 1.00 bits per heavy atom. The number of hydrogen-bond acceptors (Lipinski definition) is 4. The maximum absolute atomic E-state index is 12.3. The Kier molecular flexibility index (Phi) is 7.42. The van der Waals surface area contributed by atoms with Crippen molar-refractivity contribution in [3.8, 4) is 11.8 Å². The number of benzene rings is 3. The number of nitrogens with one attached hydrogen (secondary N) is 2.